The van der Waals surface area contributed by atoms with E-state index in [0.29, 0.717) is 44.2 Å². The van der Waals surface area contributed by atoms with Gasteiger partial charge in [-0.15, -0.1) is 0 Å². The van der Waals surface area contributed by atoms with Crippen LogP contribution >= 0.6 is 11.6 Å². The number of nitrogens with one attached hydrogen (secondary N) is 1. The Hall–Kier alpha value is -4.03. The lowest BCUT2D eigenvalue weighted by atomic mass is 10.0. The molecule has 3 aromatic rings. The van der Waals surface area contributed by atoms with E-state index in [9.17, 15) is 23.2 Å². The van der Waals surface area contributed by atoms with Crippen LogP contribution in [0.4, 0.5) is 14.5 Å². The second-order valence-electron chi connectivity index (χ2n) is 12.0. The number of carbonyl (C=O) groups excluding carboxylic acids is 3. The van der Waals surface area contributed by atoms with Crippen LogP contribution in [0.15, 0.2) is 36.5 Å². The second kappa shape index (κ2) is 12.5. The van der Waals surface area contributed by atoms with Crippen molar-refractivity contribution in [2.24, 2.45) is 13.0 Å². The zero-order valence-corrected chi connectivity index (χ0v) is 26.0. The van der Waals surface area contributed by atoms with Gasteiger partial charge >= 0.3 is 0 Å². The van der Waals surface area contributed by atoms with E-state index in [-0.39, 0.29) is 45.2 Å². The largest absolute Gasteiger partial charge is 0.494 e. The molecule has 3 amide bonds. The Bertz CT molecular complexity index is 1600. The molecule has 5 rings (SSSR count). The summed E-state index contributed by atoms with van der Waals surface area (Å²) in [6.07, 6.45) is 2.88. The first kappa shape index (κ1) is 31.4. The highest BCUT2D eigenvalue weighted by atomic mass is 35.5. The molecule has 0 radical (unpaired) electrons. The van der Waals surface area contributed by atoms with Crippen LogP contribution in [0.3, 0.4) is 0 Å². The molecule has 2 aromatic carbocycles. The van der Waals surface area contributed by atoms with E-state index in [0.717, 1.165) is 24.0 Å². The van der Waals surface area contributed by atoms with Crippen molar-refractivity contribution in [1.29, 1.82) is 0 Å². The fourth-order valence-corrected chi connectivity index (χ4v) is 6.26. The number of methoxy groups -OCH3 is 1. The number of hydrogen-bond donors (Lipinski definition) is 1. The predicted octanol–water partition coefficient (Wildman–Crippen LogP) is 4.05. The summed E-state index contributed by atoms with van der Waals surface area (Å²) in [6, 6.07) is 7.20. The number of carbonyl (C=O) groups is 3. The molecular formula is C31H36ClF2N6O4+. The quantitative estimate of drug-likeness (QED) is 0.398. The molecule has 1 aromatic heterocycles. The fraction of sp³-hybridized carbons (Fsp3) is 0.419. The zero-order valence-electron chi connectivity index (χ0n) is 25.2. The number of rotatable bonds is 7. The Morgan fingerprint density at radius 2 is 1.77 bits per heavy atom. The predicted molar refractivity (Wildman–Crippen MR) is 162 cm³/mol. The molecule has 0 bridgehead atoms. The topological polar surface area (TPSA) is 96.8 Å². The van der Waals surface area contributed by atoms with Crippen LogP contribution in [0.1, 0.15) is 33.8 Å². The van der Waals surface area contributed by atoms with Gasteiger partial charge in [-0.25, -0.2) is 9.37 Å². The summed E-state index contributed by atoms with van der Waals surface area (Å²) in [5.74, 6) is -2.86. The average molecular weight is 630 g/mol. The Balaban J connectivity index is 1.19. The maximum absolute atomic E-state index is 14.6. The van der Waals surface area contributed by atoms with Crippen molar-refractivity contribution < 1.29 is 32.4 Å². The minimum atomic E-state index is -1.14. The molecule has 2 fully saturated rings. The van der Waals surface area contributed by atoms with Gasteiger partial charge < -0.3 is 28.9 Å². The van der Waals surface area contributed by atoms with Gasteiger partial charge in [0.1, 0.15) is 0 Å². The Morgan fingerprint density at radius 1 is 1.07 bits per heavy atom. The summed E-state index contributed by atoms with van der Waals surface area (Å²) in [5, 5.41) is 2.84. The van der Waals surface area contributed by atoms with E-state index >= 15 is 0 Å². The second-order valence-corrected chi connectivity index (χ2v) is 12.4. The number of anilines is 1. The van der Waals surface area contributed by atoms with Crippen molar-refractivity contribution in [2.45, 2.75) is 12.8 Å². The van der Waals surface area contributed by atoms with Crippen LogP contribution in [0.5, 0.6) is 5.75 Å². The Morgan fingerprint density at radius 3 is 2.41 bits per heavy atom. The lowest BCUT2D eigenvalue weighted by Gasteiger charge is -2.35. The molecule has 44 heavy (non-hydrogen) atoms. The summed E-state index contributed by atoms with van der Waals surface area (Å²) in [7, 11) is 7.12. The van der Waals surface area contributed by atoms with E-state index in [4.69, 9.17) is 16.3 Å². The molecule has 0 saturated carbocycles. The van der Waals surface area contributed by atoms with Crippen molar-refractivity contribution >= 4 is 35.0 Å². The number of quaternary nitrogens is 1. The molecule has 1 atom stereocenters. The van der Waals surface area contributed by atoms with Gasteiger partial charge in [0.15, 0.2) is 17.4 Å². The normalized spacial score (nSPS) is 17.9. The van der Waals surface area contributed by atoms with E-state index in [1.165, 1.54) is 49.2 Å². The number of ether oxygens (including phenoxy) is 1. The van der Waals surface area contributed by atoms with Crippen molar-refractivity contribution in [3.8, 4) is 17.0 Å². The van der Waals surface area contributed by atoms with E-state index in [1.54, 1.807) is 11.0 Å². The third-order valence-corrected chi connectivity index (χ3v) is 8.78. The highest BCUT2D eigenvalue weighted by Gasteiger charge is 2.34. The van der Waals surface area contributed by atoms with Crippen LogP contribution in [0, 0.1) is 17.6 Å². The number of imidazole rings is 1. The first-order valence-electron chi connectivity index (χ1n) is 14.4. The third kappa shape index (κ3) is 6.41. The van der Waals surface area contributed by atoms with E-state index < -0.39 is 17.5 Å². The minimum Gasteiger partial charge on any atom is -0.494 e. The third-order valence-electron chi connectivity index (χ3n) is 8.47. The SMILES string of the molecule is COc1ccc(-c2cnc(C(=O)Nc3ccc(C(=O)N4CCN(C(=O)CC5CC[N+](C)(C)C5)CC4)c(Cl)c3)n2C)c(F)c1F. The number of aromatic nitrogens is 2. The lowest BCUT2D eigenvalue weighted by Crippen LogP contribution is -2.51. The number of nitrogens with zero attached hydrogens (tertiary/aromatic N) is 5. The molecule has 1 N–H and O–H groups in total. The average Bonchev–Trinajstić information content (AvgIpc) is 3.54. The summed E-state index contributed by atoms with van der Waals surface area (Å²) >= 11 is 6.47. The van der Waals surface area contributed by atoms with Crippen LogP contribution < -0.4 is 10.1 Å². The highest BCUT2D eigenvalue weighted by molar-refractivity contribution is 6.34. The first-order chi connectivity index (χ1) is 20.9. The number of halogens is 3. The van der Waals surface area contributed by atoms with Gasteiger partial charge in [0.05, 0.1) is 56.8 Å². The maximum Gasteiger partial charge on any atom is 0.291 e. The number of amides is 3. The summed E-state index contributed by atoms with van der Waals surface area (Å²) in [4.78, 5) is 46.7. The number of hydrogen-bond acceptors (Lipinski definition) is 5. The molecule has 234 valence electrons. The molecule has 0 aliphatic carbocycles. The first-order valence-corrected chi connectivity index (χ1v) is 14.8. The maximum atomic E-state index is 14.6. The van der Waals surface area contributed by atoms with Gasteiger partial charge in [-0.2, -0.15) is 4.39 Å². The fourth-order valence-electron chi connectivity index (χ4n) is 6.00. The highest BCUT2D eigenvalue weighted by Crippen LogP contribution is 2.30. The Kier molecular flexibility index (Phi) is 8.94. The van der Waals surface area contributed by atoms with Crippen molar-refractivity contribution in [1.82, 2.24) is 19.4 Å². The monoisotopic (exact) mass is 629 g/mol. The van der Waals surface area contributed by atoms with Crippen molar-refractivity contribution in [3.63, 3.8) is 0 Å². The van der Waals surface area contributed by atoms with Gasteiger partial charge in [-0.1, -0.05) is 11.6 Å². The van der Waals surface area contributed by atoms with Gasteiger partial charge in [-0.05, 0) is 30.3 Å². The molecule has 10 nitrogen and oxygen atoms in total. The molecule has 3 heterocycles. The Labute approximate surface area is 259 Å². The van der Waals surface area contributed by atoms with Crippen LogP contribution in [-0.4, -0.2) is 102 Å². The summed E-state index contributed by atoms with van der Waals surface area (Å²) in [6.45, 7) is 3.85. The molecule has 2 aliphatic heterocycles. The van der Waals surface area contributed by atoms with Gasteiger partial charge in [-0.3, -0.25) is 14.4 Å². The molecule has 13 heteroatoms. The van der Waals surface area contributed by atoms with Gasteiger partial charge in [0.2, 0.25) is 11.7 Å². The number of likely N-dealkylation sites (tertiary alicyclic amines) is 1. The van der Waals surface area contributed by atoms with Crippen molar-refractivity contribution in [2.75, 3.05) is 65.8 Å². The standard InChI is InChI=1S/C31H35ClF2N6O4/c1-37-24(22-7-8-25(44-4)28(34)27(22)33)17-35-29(37)30(42)36-20-5-6-21(23(32)16-20)31(43)39-12-10-38(11-13-39)26(41)15-19-9-14-40(2,3)18-19/h5-8,16-17,19H,9-15,18H2,1-4H3/p+1. The number of benzene rings is 2. The van der Waals surface area contributed by atoms with Gasteiger partial charge in [0.25, 0.3) is 11.8 Å². The van der Waals surface area contributed by atoms with Crippen LogP contribution in [0.25, 0.3) is 11.3 Å². The smallest absolute Gasteiger partial charge is 0.291 e. The van der Waals surface area contributed by atoms with E-state index in [2.05, 4.69) is 24.4 Å². The van der Waals surface area contributed by atoms with Gasteiger partial charge in [0, 0.05) is 63.2 Å². The lowest BCUT2D eigenvalue weighted by molar-refractivity contribution is -0.879. The summed E-state index contributed by atoms with van der Waals surface area (Å²) < 4.78 is 36.0. The molecule has 2 aliphatic rings. The summed E-state index contributed by atoms with van der Waals surface area (Å²) in [5.41, 5.74) is 0.723. The molecule has 0 spiro atoms. The van der Waals surface area contributed by atoms with E-state index in [1.807, 2.05) is 4.90 Å². The molecule has 1 unspecified atom stereocenters. The zero-order chi connectivity index (χ0) is 31.8. The number of piperazine rings is 1. The van der Waals surface area contributed by atoms with Crippen molar-refractivity contribution in [3.05, 3.63) is 64.6 Å². The molecular weight excluding hydrogens is 594 g/mol. The molecule has 2 saturated heterocycles. The minimum absolute atomic E-state index is 0.0463. The van der Waals surface area contributed by atoms with Crippen LogP contribution in [0.2, 0.25) is 5.02 Å². The van der Waals surface area contributed by atoms with Crippen LogP contribution in [-0.2, 0) is 11.8 Å².